The van der Waals surface area contributed by atoms with Gasteiger partial charge in [-0.1, -0.05) is 17.7 Å². The highest BCUT2D eigenvalue weighted by molar-refractivity contribution is 7.62. The predicted octanol–water partition coefficient (Wildman–Crippen LogP) is 3.46. The fourth-order valence-corrected chi connectivity index (χ4v) is 4.42. The van der Waals surface area contributed by atoms with Crippen molar-refractivity contribution in [3.8, 4) is 0 Å². The van der Waals surface area contributed by atoms with Crippen LogP contribution in [-0.2, 0) is 19.2 Å². The van der Waals surface area contributed by atoms with E-state index < -0.39 is 13.2 Å². The Labute approximate surface area is 100 Å². The molecule has 1 aliphatic rings. The van der Waals surface area contributed by atoms with Crippen molar-refractivity contribution < 1.29 is 13.6 Å². The highest BCUT2D eigenvalue weighted by atomic mass is 35.5. The normalized spacial score (nSPS) is 26.8. The van der Waals surface area contributed by atoms with Crippen LogP contribution in [0.2, 0.25) is 5.02 Å². The molecule has 0 aromatic heterocycles. The average Bonchev–Trinajstić information content (AvgIpc) is 2.34. The van der Waals surface area contributed by atoms with Gasteiger partial charge < -0.3 is 4.52 Å². The number of hydrogen-bond donors (Lipinski definition) is 0. The molecule has 3 nitrogen and oxygen atoms in total. The second-order valence-electron chi connectivity index (χ2n) is 4.18. The molecule has 1 aromatic carbocycles. The summed E-state index contributed by atoms with van der Waals surface area (Å²) in [7, 11) is -3.19. The lowest BCUT2D eigenvalue weighted by molar-refractivity contribution is 0.0967. The summed E-state index contributed by atoms with van der Waals surface area (Å²) in [5, 5.41) is 1.13. The van der Waals surface area contributed by atoms with Crippen LogP contribution in [0.5, 0.6) is 0 Å². The zero-order valence-electron chi connectivity index (χ0n) is 9.49. The minimum Gasteiger partial charge on any atom is -0.305 e. The standard InChI is InChI=1S/C11H14ClO3P/c1-4-14-16(13)10-7-8(12)5-6-9(10)11(2,3)15-16/h5-7H,4H2,1-3H3. The Morgan fingerprint density at radius 2 is 2.19 bits per heavy atom. The molecule has 88 valence electrons. The maximum absolute atomic E-state index is 12.5. The van der Waals surface area contributed by atoms with Gasteiger partial charge in [0.1, 0.15) is 0 Å². The zero-order valence-corrected chi connectivity index (χ0v) is 11.1. The Morgan fingerprint density at radius 1 is 1.50 bits per heavy atom. The third kappa shape index (κ3) is 1.82. The molecule has 16 heavy (non-hydrogen) atoms. The fourth-order valence-electron chi connectivity index (χ4n) is 1.91. The molecule has 0 saturated carbocycles. The van der Waals surface area contributed by atoms with Gasteiger partial charge in [0.2, 0.25) is 0 Å². The van der Waals surface area contributed by atoms with Crippen molar-refractivity contribution in [1.82, 2.24) is 0 Å². The van der Waals surface area contributed by atoms with Crippen molar-refractivity contribution in [3.63, 3.8) is 0 Å². The molecule has 1 atom stereocenters. The summed E-state index contributed by atoms with van der Waals surface area (Å²) in [6.07, 6.45) is 0. The summed E-state index contributed by atoms with van der Waals surface area (Å²) in [5.74, 6) is 0. The van der Waals surface area contributed by atoms with E-state index in [1.54, 1.807) is 19.1 Å². The first-order valence-electron chi connectivity index (χ1n) is 5.15. The summed E-state index contributed by atoms with van der Waals surface area (Å²) in [6, 6.07) is 5.28. The molecular weight excluding hydrogens is 247 g/mol. The van der Waals surface area contributed by atoms with Crippen LogP contribution in [0.15, 0.2) is 18.2 Å². The van der Waals surface area contributed by atoms with E-state index >= 15 is 0 Å². The first-order chi connectivity index (χ1) is 7.39. The molecule has 1 aromatic rings. The van der Waals surface area contributed by atoms with E-state index in [4.69, 9.17) is 20.6 Å². The van der Waals surface area contributed by atoms with Gasteiger partial charge in [-0.15, -0.1) is 0 Å². The third-order valence-electron chi connectivity index (χ3n) is 2.55. The zero-order chi connectivity index (χ0) is 12.0. The molecule has 2 rings (SSSR count). The Balaban J connectivity index is 2.60. The molecule has 0 spiro atoms. The Kier molecular flexibility index (Phi) is 2.92. The second-order valence-corrected chi connectivity index (χ2v) is 6.53. The van der Waals surface area contributed by atoms with Crippen molar-refractivity contribution in [1.29, 1.82) is 0 Å². The van der Waals surface area contributed by atoms with Gasteiger partial charge in [-0.3, -0.25) is 9.09 Å². The SMILES string of the molecule is CCOP1(=O)OC(C)(C)c2ccc(Cl)cc21. The molecule has 0 amide bonds. The van der Waals surface area contributed by atoms with Crippen LogP contribution >= 0.6 is 19.2 Å². The molecule has 1 heterocycles. The summed E-state index contributed by atoms with van der Waals surface area (Å²) in [6.45, 7) is 5.88. The highest BCUT2D eigenvalue weighted by Gasteiger charge is 2.47. The van der Waals surface area contributed by atoms with Gasteiger partial charge in [-0.2, -0.15) is 0 Å². The van der Waals surface area contributed by atoms with Crippen molar-refractivity contribution in [2.75, 3.05) is 6.61 Å². The quantitative estimate of drug-likeness (QED) is 0.764. The van der Waals surface area contributed by atoms with E-state index in [1.807, 2.05) is 19.9 Å². The van der Waals surface area contributed by atoms with Gasteiger partial charge in [0.15, 0.2) is 0 Å². The van der Waals surface area contributed by atoms with E-state index in [0.717, 1.165) is 5.56 Å². The number of rotatable bonds is 2. The highest BCUT2D eigenvalue weighted by Crippen LogP contribution is 2.59. The first kappa shape index (κ1) is 12.1. The second kappa shape index (κ2) is 3.85. The Morgan fingerprint density at radius 3 is 2.81 bits per heavy atom. The van der Waals surface area contributed by atoms with Gasteiger partial charge in [-0.25, -0.2) is 0 Å². The van der Waals surface area contributed by atoms with Crippen molar-refractivity contribution in [2.45, 2.75) is 26.4 Å². The number of hydrogen-bond acceptors (Lipinski definition) is 3. The molecular formula is C11H14ClO3P. The van der Waals surface area contributed by atoms with Crippen LogP contribution in [0.4, 0.5) is 0 Å². The minimum atomic E-state index is -3.19. The van der Waals surface area contributed by atoms with Crippen LogP contribution in [0.3, 0.4) is 0 Å². The van der Waals surface area contributed by atoms with E-state index in [9.17, 15) is 4.57 Å². The Hall–Kier alpha value is -0.340. The molecule has 0 radical (unpaired) electrons. The number of fused-ring (bicyclic) bond motifs is 1. The first-order valence-corrected chi connectivity index (χ1v) is 7.07. The van der Waals surface area contributed by atoms with Crippen LogP contribution in [0, 0.1) is 0 Å². The lowest BCUT2D eigenvalue weighted by Crippen LogP contribution is -2.16. The van der Waals surface area contributed by atoms with Crippen LogP contribution < -0.4 is 5.30 Å². The summed E-state index contributed by atoms with van der Waals surface area (Å²) in [4.78, 5) is 0. The molecule has 0 saturated heterocycles. The van der Waals surface area contributed by atoms with Crippen molar-refractivity contribution in [2.24, 2.45) is 0 Å². The van der Waals surface area contributed by atoms with Crippen LogP contribution in [0.25, 0.3) is 0 Å². The van der Waals surface area contributed by atoms with E-state index in [1.165, 1.54) is 0 Å². The topological polar surface area (TPSA) is 35.5 Å². The van der Waals surface area contributed by atoms with Gasteiger partial charge in [0, 0.05) is 5.02 Å². The van der Waals surface area contributed by atoms with E-state index in [2.05, 4.69) is 0 Å². The fraction of sp³-hybridized carbons (Fsp3) is 0.455. The molecule has 0 fully saturated rings. The number of halogens is 1. The molecule has 0 aliphatic carbocycles. The van der Waals surface area contributed by atoms with E-state index in [0.29, 0.717) is 16.9 Å². The lowest BCUT2D eigenvalue weighted by atomic mass is 9.99. The minimum absolute atomic E-state index is 0.347. The Bertz CT molecular complexity index is 470. The maximum Gasteiger partial charge on any atom is 0.362 e. The predicted molar refractivity (Wildman–Crippen MR) is 64.4 cm³/mol. The molecule has 0 bridgehead atoms. The summed E-state index contributed by atoms with van der Waals surface area (Å²) >= 11 is 5.91. The molecule has 1 aliphatic heterocycles. The van der Waals surface area contributed by atoms with Crippen molar-refractivity contribution >= 4 is 24.5 Å². The smallest absolute Gasteiger partial charge is 0.305 e. The number of benzene rings is 1. The molecule has 0 N–H and O–H groups in total. The summed E-state index contributed by atoms with van der Waals surface area (Å²) in [5.41, 5.74) is 0.290. The summed E-state index contributed by atoms with van der Waals surface area (Å²) < 4.78 is 23.4. The maximum atomic E-state index is 12.5. The van der Waals surface area contributed by atoms with Crippen LogP contribution in [0.1, 0.15) is 26.3 Å². The lowest BCUT2D eigenvalue weighted by Gasteiger charge is -2.19. The van der Waals surface area contributed by atoms with Gasteiger partial charge >= 0.3 is 7.60 Å². The molecule has 1 unspecified atom stereocenters. The monoisotopic (exact) mass is 260 g/mol. The third-order valence-corrected chi connectivity index (χ3v) is 5.04. The average molecular weight is 261 g/mol. The van der Waals surface area contributed by atoms with Gasteiger partial charge in [0.25, 0.3) is 0 Å². The largest absolute Gasteiger partial charge is 0.362 e. The van der Waals surface area contributed by atoms with Crippen molar-refractivity contribution in [3.05, 3.63) is 28.8 Å². The van der Waals surface area contributed by atoms with Gasteiger partial charge in [0.05, 0.1) is 17.5 Å². The van der Waals surface area contributed by atoms with Crippen LogP contribution in [-0.4, -0.2) is 6.61 Å². The van der Waals surface area contributed by atoms with E-state index in [-0.39, 0.29) is 0 Å². The molecule has 5 heteroatoms. The van der Waals surface area contributed by atoms with Gasteiger partial charge in [-0.05, 0) is 38.5 Å².